The molecule has 6 heteroatoms. The van der Waals surface area contributed by atoms with Gasteiger partial charge in [0.2, 0.25) is 0 Å². The first-order chi connectivity index (χ1) is 15.1. The molecule has 1 aromatic rings. The van der Waals surface area contributed by atoms with Crippen LogP contribution in [0.2, 0.25) is 0 Å². The summed E-state index contributed by atoms with van der Waals surface area (Å²) in [7, 11) is 0. The Morgan fingerprint density at radius 2 is 1.69 bits per heavy atom. The zero-order valence-corrected chi connectivity index (χ0v) is 20.3. The molecule has 178 valence electrons. The molecule has 0 N–H and O–H groups in total. The van der Waals surface area contributed by atoms with Gasteiger partial charge in [-0.25, -0.2) is 9.59 Å². The monoisotopic (exact) mass is 445 g/mol. The molecule has 6 nitrogen and oxygen atoms in total. The highest BCUT2D eigenvalue weighted by molar-refractivity contribution is 5.81. The molecule has 1 aromatic carbocycles. The van der Waals surface area contributed by atoms with Crippen molar-refractivity contribution in [2.75, 3.05) is 0 Å². The van der Waals surface area contributed by atoms with E-state index >= 15 is 0 Å². The molecular formula is C26H39NO5. The van der Waals surface area contributed by atoms with Gasteiger partial charge >= 0.3 is 12.1 Å². The van der Waals surface area contributed by atoms with E-state index in [0.717, 1.165) is 43.1 Å². The molecule has 1 saturated carbocycles. The average molecular weight is 446 g/mol. The summed E-state index contributed by atoms with van der Waals surface area (Å²) in [6.07, 6.45) is 5.90. The lowest BCUT2D eigenvalue weighted by molar-refractivity contribution is -0.156. The molecule has 0 aliphatic heterocycles. The van der Waals surface area contributed by atoms with E-state index < -0.39 is 17.7 Å². The largest absolute Gasteiger partial charge is 0.461 e. The van der Waals surface area contributed by atoms with Crippen LogP contribution in [0, 0.1) is 5.92 Å². The summed E-state index contributed by atoms with van der Waals surface area (Å²) in [6, 6.07) is 7.08. The van der Waals surface area contributed by atoms with Gasteiger partial charge in [-0.3, -0.25) is 4.90 Å². The summed E-state index contributed by atoms with van der Waals surface area (Å²) in [5.41, 5.74) is 1.28. The highest BCUT2D eigenvalue weighted by Crippen LogP contribution is 2.25. The summed E-state index contributed by atoms with van der Waals surface area (Å²) in [6.45, 7) is 9.77. The zero-order valence-electron chi connectivity index (χ0n) is 20.3. The van der Waals surface area contributed by atoms with Crippen LogP contribution in [0.5, 0.6) is 0 Å². The van der Waals surface area contributed by atoms with Gasteiger partial charge in [-0.05, 0) is 76.3 Å². The molecule has 1 atom stereocenters. The number of benzene rings is 1. The van der Waals surface area contributed by atoms with E-state index in [1.165, 1.54) is 4.90 Å². The minimum atomic E-state index is -0.708. The van der Waals surface area contributed by atoms with Crippen LogP contribution < -0.4 is 0 Å². The van der Waals surface area contributed by atoms with E-state index in [4.69, 9.17) is 9.47 Å². The third-order valence-electron chi connectivity index (χ3n) is 5.48. The molecule has 0 heterocycles. The van der Waals surface area contributed by atoms with E-state index in [9.17, 15) is 14.4 Å². The first kappa shape index (κ1) is 25.9. The Kier molecular flexibility index (Phi) is 9.73. The Bertz CT molecular complexity index is 744. The molecule has 0 aromatic heterocycles. The van der Waals surface area contributed by atoms with Gasteiger partial charge in [-0.1, -0.05) is 38.1 Å². The summed E-state index contributed by atoms with van der Waals surface area (Å²) in [5.74, 6) is -0.147. The second kappa shape index (κ2) is 12.0. The molecule has 1 aliphatic rings. The van der Waals surface area contributed by atoms with E-state index in [2.05, 4.69) is 0 Å². The van der Waals surface area contributed by atoms with E-state index in [1.807, 2.05) is 58.9 Å². The summed E-state index contributed by atoms with van der Waals surface area (Å²) >= 11 is 0. The number of carbonyl (C=O) groups is 3. The first-order valence-corrected chi connectivity index (χ1v) is 11.8. The molecule has 1 fully saturated rings. The number of aldehydes is 1. The fraction of sp³-hybridized carbons (Fsp3) is 0.654. The lowest BCUT2D eigenvalue weighted by Gasteiger charge is -2.34. The number of rotatable bonds is 10. The molecule has 32 heavy (non-hydrogen) atoms. The van der Waals surface area contributed by atoms with E-state index in [0.29, 0.717) is 19.3 Å². The molecule has 0 unspecified atom stereocenters. The molecular weight excluding hydrogens is 406 g/mol. The third kappa shape index (κ3) is 8.64. The van der Waals surface area contributed by atoms with Crippen molar-refractivity contribution in [2.24, 2.45) is 5.92 Å². The second-order valence-corrected chi connectivity index (χ2v) is 10.1. The quantitative estimate of drug-likeness (QED) is 0.353. The van der Waals surface area contributed by atoms with Gasteiger partial charge in [-0.15, -0.1) is 0 Å². The summed E-state index contributed by atoms with van der Waals surface area (Å²) in [5, 5.41) is 0. The smallest absolute Gasteiger partial charge is 0.411 e. The Labute approximate surface area is 192 Å². The van der Waals surface area contributed by atoms with Gasteiger partial charge in [0.1, 0.15) is 24.0 Å². The molecule has 2 rings (SSSR count). The standard InChI is InChI=1S/C26H39NO5/c1-19(2)17-23(24(29)31-22-10-6-7-11-22)27(25(30)32-26(3,4)5)18-21-14-12-20(13-15-21)9-8-16-28/h12-16,19,22-23H,6-11,17-18H2,1-5H3/t23-/m0/s1. The normalized spacial score (nSPS) is 15.4. The van der Waals surface area contributed by atoms with Gasteiger partial charge in [0.25, 0.3) is 0 Å². The van der Waals surface area contributed by atoms with Crippen LogP contribution in [-0.2, 0) is 32.0 Å². The summed E-state index contributed by atoms with van der Waals surface area (Å²) in [4.78, 5) is 38.5. The molecule has 0 spiro atoms. The average Bonchev–Trinajstić information content (AvgIpc) is 3.21. The maximum absolute atomic E-state index is 13.2. The van der Waals surface area contributed by atoms with Crippen molar-refractivity contribution < 1.29 is 23.9 Å². The molecule has 0 bridgehead atoms. The fourth-order valence-electron chi connectivity index (χ4n) is 3.90. The van der Waals surface area contributed by atoms with Crippen LogP contribution in [0.15, 0.2) is 24.3 Å². The van der Waals surface area contributed by atoms with E-state index in [-0.39, 0.29) is 24.5 Å². The number of carbonyl (C=O) groups excluding carboxylic acids is 3. The lowest BCUT2D eigenvalue weighted by atomic mass is 10.0. The number of hydrogen-bond donors (Lipinski definition) is 0. The van der Waals surface area contributed by atoms with Crippen LogP contribution in [0.25, 0.3) is 0 Å². The van der Waals surface area contributed by atoms with Gasteiger partial charge in [0.15, 0.2) is 0 Å². The number of hydrogen-bond acceptors (Lipinski definition) is 5. The Balaban J connectivity index is 2.27. The third-order valence-corrected chi connectivity index (χ3v) is 5.48. The van der Waals surface area contributed by atoms with Crippen molar-refractivity contribution in [3.63, 3.8) is 0 Å². The van der Waals surface area contributed by atoms with Crippen LogP contribution in [-0.4, -0.2) is 41.0 Å². The van der Waals surface area contributed by atoms with E-state index in [1.54, 1.807) is 0 Å². The van der Waals surface area contributed by atoms with Crippen molar-refractivity contribution in [3.05, 3.63) is 35.4 Å². The van der Waals surface area contributed by atoms with Crippen molar-refractivity contribution in [3.8, 4) is 0 Å². The molecule has 1 amide bonds. The van der Waals surface area contributed by atoms with Crippen molar-refractivity contribution in [1.29, 1.82) is 0 Å². The van der Waals surface area contributed by atoms with Crippen LogP contribution in [0.1, 0.15) is 84.3 Å². The topological polar surface area (TPSA) is 72.9 Å². The minimum Gasteiger partial charge on any atom is -0.461 e. The fourth-order valence-corrected chi connectivity index (χ4v) is 3.90. The maximum Gasteiger partial charge on any atom is 0.411 e. The van der Waals surface area contributed by atoms with Crippen LogP contribution in [0.3, 0.4) is 0 Å². The number of amides is 1. The van der Waals surface area contributed by atoms with Crippen molar-refractivity contribution >= 4 is 18.3 Å². The highest BCUT2D eigenvalue weighted by Gasteiger charge is 2.36. The van der Waals surface area contributed by atoms with Gasteiger partial charge < -0.3 is 14.3 Å². The minimum absolute atomic E-state index is 0.0604. The molecule has 0 radical (unpaired) electrons. The Hall–Kier alpha value is -2.37. The highest BCUT2D eigenvalue weighted by atomic mass is 16.6. The number of aryl methyl sites for hydroxylation is 1. The Morgan fingerprint density at radius 1 is 1.09 bits per heavy atom. The lowest BCUT2D eigenvalue weighted by Crippen LogP contribution is -2.48. The van der Waals surface area contributed by atoms with Crippen LogP contribution in [0.4, 0.5) is 4.79 Å². The van der Waals surface area contributed by atoms with Gasteiger partial charge in [0, 0.05) is 13.0 Å². The summed E-state index contributed by atoms with van der Waals surface area (Å²) < 4.78 is 11.5. The first-order valence-electron chi connectivity index (χ1n) is 11.8. The molecule has 1 aliphatic carbocycles. The number of esters is 1. The SMILES string of the molecule is CC(C)C[C@@H](C(=O)OC1CCCC1)N(Cc1ccc(CCC=O)cc1)C(=O)OC(C)(C)C. The second-order valence-electron chi connectivity index (χ2n) is 10.1. The molecule has 0 saturated heterocycles. The predicted octanol–water partition coefficient (Wildman–Crippen LogP) is 5.46. The Morgan fingerprint density at radius 3 is 2.22 bits per heavy atom. The van der Waals surface area contributed by atoms with Crippen molar-refractivity contribution in [1.82, 2.24) is 4.90 Å². The number of ether oxygens (including phenoxy) is 2. The maximum atomic E-state index is 13.2. The number of nitrogens with zero attached hydrogens (tertiary/aromatic N) is 1. The predicted molar refractivity (Wildman–Crippen MR) is 124 cm³/mol. The van der Waals surface area contributed by atoms with Gasteiger partial charge in [0.05, 0.1) is 0 Å². The van der Waals surface area contributed by atoms with Gasteiger partial charge in [-0.2, -0.15) is 0 Å². The van der Waals surface area contributed by atoms with Crippen molar-refractivity contribution in [2.45, 2.75) is 104 Å². The van der Waals surface area contributed by atoms with Crippen LogP contribution >= 0.6 is 0 Å². The zero-order chi connectivity index (χ0) is 23.7.